The van der Waals surface area contributed by atoms with Crippen molar-refractivity contribution in [3.05, 3.63) is 71.0 Å². The Morgan fingerprint density at radius 1 is 1.15 bits per heavy atom. The Morgan fingerprint density at radius 2 is 1.91 bits per heavy atom. The smallest absolute Gasteiger partial charge is 0.233 e. The molecule has 3 aromatic rings. The number of sulfone groups is 1. The second-order valence-corrected chi connectivity index (χ2v) is 13.4. The summed E-state index contributed by atoms with van der Waals surface area (Å²) >= 11 is 6.20. The number of carbonyl (C=O) groups is 1. The third-order valence-corrected chi connectivity index (χ3v) is 10.4. The first-order valence-electron chi connectivity index (χ1n) is 10.7. The third kappa shape index (κ3) is 4.55. The lowest BCUT2D eigenvalue weighted by molar-refractivity contribution is -0.118. The number of nitrogens with one attached hydrogen (secondary N) is 1. The van der Waals surface area contributed by atoms with E-state index in [1.54, 1.807) is 30.6 Å². The van der Waals surface area contributed by atoms with E-state index < -0.39 is 31.7 Å². The minimum Gasteiger partial charge on any atom is -0.324 e. The standard InChI is InChI=1S/C23H22ClN3O5S2/c24-18-6-5-17-10-27(34(31,32)14-15-12-33(29,30)13-15)11-21(20(17)7-18)23(28)26-22-9-25-8-16-3-1-2-4-19(16)22/h1-9,15,21H,10-14H2,(H,26,28)/t21-/m0/s1. The topological polar surface area (TPSA) is 114 Å². The van der Waals surface area contributed by atoms with E-state index in [-0.39, 0.29) is 36.3 Å². The molecule has 178 valence electrons. The number of amides is 1. The molecule has 5 rings (SSSR count). The molecule has 0 radical (unpaired) electrons. The molecule has 1 saturated heterocycles. The quantitative estimate of drug-likeness (QED) is 0.554. The Morgan fingerprint density at radius 3 is 2.68 bits per heavy atom. The van der Waals surface area contributed by atoms with Gasteiger partial charge in [0.05, 0.1) is 35.1 Å². The minimum atomic E-state index is -3.78. The van der Waals surface area contributed by atoms with Crippen LogP contribution >= 0.6 is 11.6 Å². The number of pyridine rings is 1. The van der Waals surface area contributed by atoms with Crippen molar-refractivity contribution in [3.63, 3.8) is 0 Å². The van der Waals surface area contributed by atoms with Crippen LogP contribution in [-0.2, 0) is 31.2 Å². The fourth-order valence-electron chi connectivity index (χ4n) is 4.63. The van der Waals surface area contributed by atoms with Gasteiger partial charge in [0.1, 0.15) is 0 Å². The lowest BCUT2D eigenvalue weighted by Crippen LogP contribution is -2.47. The molecule has 2 aliphatic rings. The van der Waals surface area contributed by atoms with Crippen LogP contribution in [0.25, 0.3) is 10.8 Å². The molecule has 2 aromatic carbocycles. The van der Waals surface area contributed by atoms with Gasteiger partial charge in [0.2, 0.25) is 15.9 Å². The van der Waals surface area contributed by atoms with Crippen molar-refractivity contribution in [2.75, 3.05) is 29.1 Å². The molecule has 2 aliphatic heterocycles. The van der Waals surface area contributed by atoms with Gasteiger partial charge in [-0.25, -0.2) is 16.8 Å². The van der Waals surface area contributed by atoms with Crippen LogP contribution in [0.15, 0.2) is 54.9 Å². The molecule has 1 aromatic heterocycles. The number of benzene rings is 2. The highest BCUT2D eigenvalue weighted by Crippen LogP contribution is 2.34. The molecule has 1 fully saturated rings. The van der Waals surface area contributed by atoms with Gasteiger partial charge in [-0.05, 0) is 23.3 Å². The van der Waals surface area contributed by atoms with Gasteiger partial charge in [0.15, 0.2) is 9.84 Å². The van der Waals surface area contributed by atoms with Gasteiger partial charge in [-0.2, -0.15) is 4.31 Å². The highest BCUT2D eigenvalue weighted by Gasteiger charge is 2.41. The van der Waals surface area contributed by atoms with E-state index in [1.165, 1.54) is 4.31 Å². The lowest BCUT2D eigenvalue weighted by atomic mass is 9.90. The Bertz CT molecular complexity index is 1490. The van der Waals surface area contributed by atoms with Crippen LogP contribution in [0.4, 0.5) is 5.69 Å². The molecule has 0 saturated carbocycles. The van der Waals surface area contributed by atoms with E-state index in [4.69, 9.17) is 11.6 Å². The summed E-state index contributed by atoms with van der Waals surface area (Å²) in [4.78, 5) is 17.6. The van der Waals surface area contributed by atoms with Crippen LogP contribution < -0.4 is 5.32 Å². The first-order chi connectivity index (χ1) is 16.1. The van der Waals surface area contributed by atoms with Crippen molar-refractivity contribution in [2.24, 2.45) is 5.92 Å². The molecular weight excluding hydrogens is 498 g/mol. The van der Waals surface area contributed by atoms with E-state index in [2.05, 4.69) is 10.3 Å². The second kappa shape index (κ2) is 8.60. The predicted octanol–water partition coefficient (Wildman–Crippen LogP) is 2.80. The van der Waals surface area contributed by atoms with Crippen LogP contribution in [0.2, 0.25) is 5.02 Å². The molecule has 1 atom stereocenters. The number of aromatic nitrogens is 1. The van der Waals surface area contributed by atoms with Crippen molar-refractivity contribution in [2.45, 2.75) is 12.5 Å². The van der Waals surface area contributed by atoms with Crippen molar-refractivity contribution in [3.8, 4) is 0 Å². The summed E-state index contributed by atoms with van der Waals surface area (Å²) in [5.41, 5.74) is 1.90. The molecule has 34 heavy (non-hydrogen) atoms. The van der Waals surface area contributed by atoms with Crippen LogP contribution in [0.1, 0.15) is 17.0 Å². The third-order valence-electron chi connectivity index (χ3n) is 6.28. The Balaban J connectivity index is 1.44. The van der Waals surface area contributed by atoms with Crippen molar-refractivity contribution in [1.29, 1.82) is 0 Å². The van der Waals surface area contributed by atoms with Gasteiger partial charge in [-0.15, -0.1) is 0 Å². The molecule has 1 amide bonds. The second-order valence-electron chi connectivity index (χ2n) is 8.81. The fraction of sp³-hybridized carbons (Fsp3) is 0.304. The summed E-state index contributed by atoms with van der Waals surface area (Å²) in [6.07, 6.45) is 3.27. The Labute approximate surface area is 202 Å². The van der Waals surface area contributed by atoms with Gasteiger partial charge in [0.25, 0.3) is 0 Å². The summed E-state index contributed by atoms with van der Waals surface area (Å²) in [6, 6.07) is 12.6. The summed E-state index contributed by atoms with van der Waals surface area (Å²) in [5.74, 6) is -2.07. The largest absolute Gasteiger partial charge is 0.324 e. The molecule has 8 nitrogen and oxygen atoms in total. The minimum absolute atomic E-state index is 0.0564. The number of fused-ring (bicyclic) bond motifs is 2. The summed E-state index contributed by atoms with van der Waals surface area (Å²) in [6.45, 7) is 0.0487. The first kappa shape index (κ1) is 23.2. The highest BCUT2D eigenvalue weighted by molar-refractivity contribution is 7.93. The maximum Gasteiger partial charge on any atom is 0.233 e. The number of halogens is 1. The monoisotopic (exact) mass is 519 g/mol. The molecule has 0 aliphatic carbocycles. The first-order valence-corrected chi connectivity index (χ1v) is 14.5. The zero-order chi connectivity index (χ0) is 24.1. The van der Waals surface area contributed by atoms with Gasteiger partial charge in [-0.3, -0.25) is 9.78 Å². The molecule has 0 unspecified atom stereocenters. The SMILES string of the molecule is O=C(Nc1cncc2ccccc12)[C@H]1CN(S(=O)(=O)CC2CS(=O)(=O)C2)Cc2ccc(Cl)cc21. The molecule has 3 heterocycles. The average molecular weight is 520 g/mol. The maximum atomic E-state index is 13.4. The number of rotatable bonds is 5. The number of hydrogen-bond donors (Lipinski definition) is 1. The number of nitrogens with zero attached hydrogens (tertiary/aromatic N) is 2. The molecule has 11 heteroatoms. The molecular formula is C23H22ClN3O5S2. The van der Waals surface area contributed by atoms with Crippen LogP contribution in [-0.4, -0.2) is 55.8 Å². The van der Waals surface area contributed by atoms with E-state index >= 15 is 0 Å². The van der Waals surface area contributed by atoms with Crippen LogP contribution in [0.5, 0.6) is 0 Å². The number of carbonyl (C=O) groups excluding carboxylic acids is 1. The Kier molecular flexibility index (Phi) is 5.87. The maximum absolute atomic E-state index is 13.4. The van der Waals surface area contributed by atoms with E-state index in [0.717, 1.165) is 10.8 Å². The zero-order valence-corrected chi connectivity index (χ0v) is 20.4. The fourth-order valence-corrected chi connectivity index (χ4v) is 8.44. The van der Waals surface area contributed by atoms with Crippen molar-refractivity contribution in [1.82, 2.24) is 9.29 Å². The van der Waals surface area contributed by atoms with Gasteiger partial charge in [0, 0.05) is 41.0 Å². The number of anilines is 1. The van der Waals surface area contributed by atoms with Crippen molar-refractivity contribution < 1.29 is 21.6 Å². The number of sulfonamides is 1. The normalized spacial score (nSPS) is 20.4. The highest BCUT2D eigenvalue weighted by atomic mass is 35.5. The molecule has 0 bridgehead atoms. The number of hydrogen-bond acceptors (Lipinski definition) is 6. The summed E-state index contributed by atoms with van der Waals surface area (Å²) in [5, 5.41) is 5.06. The van der Waals surface area contributed by atoms with Gasteiger partial charge < -0.3 is 5.32 Å². The van der Waals surface area contributed by atoms with Crippen molar-refractivity contribution >= 4 is 53.8 Å². The van der Waals surface area contributed by atoms with E-state index in [0.29, 0.717) is 21.8 Å². The molecule has 1 N–H and O–H groups in total. The average Bonchev–Trinajstić information content (AvgIpc) is 2.77. The summed E-state index contributed by atoms with van der Waals surface area (Å²) < 4.78 is 50.5. The van der Waals surface area contributed by atoms with E-state index in [1.807, 2.05) is 24.3 Å². The predicted molar refractivity (Wildman–Crippen MR) is 131 cm³/mol. The zero-order valence-electron chi connectivity index (χ0n) is 18.0. The Hall–Kier alpha value is -2.53. The van der Waals surface area contributed by atoms with Crippen LogP contribution in [0, 0.1) is 5.92 Å². The van der Waals surface area contributed by atoms with E-state index in [9.17, 15) is 21.6 Å². The lowest BCUT2D eigenvalue weighted by Gasteiger charge is -2.35. The van der Waals surface area contributed by atoms with Gasteiger partial charge >= 0.3 is 0 Å². The van der Waals surface area contributed by atoms with Gasteiger partial charge in [-0.1, -0.05) is 41.9 Å². The molecule has 0 spiro atoms. The van der Waals surface area contributed by atoms with Crippen LogP contribution in [0.3, 0.4) is 0 Å². The summed E-state index contributed by atoms with van der Waals surface area (Å²) in [7, 11) is -6.91.